The van der Waals surface area contributed by atoms with E-state index < -0.39 is 0 Å². The van der Waals surface area contributed by atoms with Gasteiger partial charge in [-0.1, -0.05) is 34.1 Å². The van der Waals surface area contributed by atoms with Crippen molar-refractivity contribution < 1.29 is 4.74 Å². The zero-order chi connectivity index (χ0) is 10.7. The molecular formula is C11H12BrClO. The van der Waals surface area contributed by atoms with Gasteiger partial charge >= 0.3 is 0 Å². The molecule has 76 valence electrons. The summed E-state index contributed by atoms with van der Waals surface area (Å²) in [5, 5.41) is 0.741. The minimum atomic E-state index is 0.476. The van der Waals surface area contributed by atoms with Gasteiger partial charge in [0.25, 0.3) is 0 Å². The summed E-state index contributed by atoms with van der Waals surface area (Å²) in [4.78, 5) is 0. The molecule has 0 heterocycles. The van der Waals surface area contributed by atoms with Gasteiger partial charge in [-0.3, -0.25) is 0 Å². The molecule has 1 nitrogen and oxygen atoms in total. The van der Waals surface area contributed by atoms with Crippen LogP contribution in [0.3, 0.4) is 0 Å². The maximum atomic E-state index is 5.90. The first-order valence-corrected chi connectivity index (χ1v) is 5.40. The highest BCUT2D eigenvalue weighted by molar-refractivity contribution is 9.11. The molecule has 3 heteroatoms. The first-order chi connectivity index (χ1) is 6.50. The van der Waals surface area contributed by atoms with E-state index in [-0.39, 0.29) is 0 Å². The fourth-order valence-electron chi connectivity index (χ4n) is 1.28. The van der Waals surface area contributed by atoms with E-state index in [0.717, 1.165) is 26.4 Å². The molecule has 0 aliphatic heterocycles. The highest BCUT2D eigenvalue weighted by Crippen LogP contribution is 2.27. The van der Waals surface area contributed by atoms with Crippen LogP contribution in [-0.2, 0) is 0 Å². The third kappa shape index (κ3) is 3.03. The van der Waals surface area contributed by atoms with Crippen molar-refractivity contribution in [3.8, 4) is 5.75 Å². The van der Waals surface area contributed by atoms with Crippen LogP contribution in [0.4, 0.5) is 0 Å². The van der Waals surface area contributed by atoms with Gasteiger partial charge in [-0.05, 0) is 37.1 Å². The van der Waals surface area contributed by atoms with Gasteiger partial charge in [0.1, 0.15) is 12.4 Å². The van der Waals surface area contributed by atoms with Crippen LogP contribution in [0.2, 0.25) is 5.02 Å². The first kappa shape index (κ1) is 11.6. The van der Waals surface area contributed by atoms with Crippen molar-refractivity contribution in [1.29, 1.82) is 0 Å². The average Bonchev–Trinajstić information content (AvgIpc) is 2.01. The zero-order valence-corrected chi connectivity index (χ0v) is 10.6. The van der Waals surface area contributed by atoms with Gasteiger partial charge in [-0.2, -0.15) is 0 Å². The lowest BCUT2D eigenvalue weighted by Crippen LogP contribution is -1.99. The Labute approximate surface area is 97.9 Å². The maximum absolute atomic E-state index is 5.90. The van der Waals surface area contributed by atoms with Gasteiger partial charge < -0.3 is 4.74 Å². The van der Waals surface area contributed by atoms with Crippen molar-refractivity contribution in [1.82, 2.24) is 0 Å². The highest BCUT2D eigenvalue weighted by Gasteiger charge is 2.05. The lowest BCUT2D eigenvalue weighted by Gasteiger charge is -2.11. The van der Waals surface area contributed by atoms with Gasteiger partial charge in [-0.25, -0.2) is 0 Å². The van der Waals surface area contributed by atoms with E-state index in [2.05, 4.69) is 22.5 Å². The standard InChI is InChI=1S/C11H12BrClO/c1-7-4-10(13)5-8(2)11(7)14-6-9(3)12/h4-5H,3,6H2,1-2H3. The van der Waals surface area contributed by atoms with Crippen molar-refractivity contribution in [2.45, 2.75) is 13.8 Å². The maximum Gasteiger partial charge on any atom is 0.125 e. The Morgan fingerprint density at radius 3 is 2.36 bits per heavy atom. The first-order valence-electron chi connectivity index (χ1n) is 4.23. The van der Waals surface area contributed by atoms with Crippen molar-refractivity contribution in [3.05, 3.63) is 39.3 Å². The number of ether oxygens (including phenoxy) is 1. The average molecular weight is 276 g/mol. The second-order valence-corrected chi connectivity index (χ2v) is 4.73. The zero-order valence-electron chi connectivity index (χ0n) is 8.23. The summed E-state index contributed by atoms with van der Waals surface area (Å²) in [5.74, 6) is 0.884. The largest absolute Gasteiger partial charge is 0.488 e. The Kier molecular flexibility index (Phi) is 4.02. The van der Waals surface area contributed by atoms with Crippen LogP contribution in [0.1, 0.15) is 11.1 Å². The number of benzene rings is 1. The second kappa shape index (κ2) is 4.85. The van der Waals surface area contributed by atoms with Crippen LogP contribution >= 0.6 is 27.5 Å². The van der Waals surface area contributed by atoms with Crippen molar-refractivity contribution in [2.24, 2.45) is 0 Å². The Balaban J connectivity index is 2.91. The number of hydrogen-bond acceptors (Lipinski definition) is 1. The van der Waals surface area contributed by atoms with Crippen LogP contribution < -0.4 is 4.74 Å². The minimum absolute atomic E-state index is 0.476. The monoisotopic (exact) mass is 274 g/mol. The molecule has 0 N–H and O–H groups in total. The molecule has 0 amide bonds. The fourth-order valence-corrected chi connectivity index (χ4v) is 1.72. The molecule has 0 aliphatic carbocycles. The van der Waals surface area contributed by atoms with E-state index in [1.54, 1.807) is 0 Å². The summed E-state index contributed by atoms with van der Waals surface area (Å²) in [6.45, 7) is 8.14. The van der Waals surface area contributed by atoms with Crippen LogP contribution in [0, 0.1) is 13.8 Å². The summed E-state index contributed by atoms with van der Waals surface area (Å²) in [6.07, 6.45) is 0. The van der Waals surface area contributed by atoms with Gasteiger partial charge in [0, 0.05) is 9.51 Å². The third-order valence-electron chi connectivity index (χ3n) is 1.80. The van der Waals surface area contributed by atoms with Gasteiger partial charge in [0.15, 0.2) is 0 Å². The molecule has 0 bridgehead atoms. The highest BCUT2D eigenvalue weighted by atomic mass is 79.9. The van der Waals surface area contributed by atoms with E-state index in [1.165, 1.54) is 0 Å². The van der Waals surface area contributed by atoms with Gasteiger partial charge in [-0.15, -0.1) is 0 Å². The molecular weight excluding hydrogens is 263 g/mol. The smallest absolute Gasteiger partial charge is 0.125 e. The molecule has 0 spiro atoms. The molecule has 0 aromatic heterocycles. The van der Waals surface area contributed by atoms with Crippen LogP contribution in [0.25, 0.3) is 0 Å². The molecule has 14 heavy (non-hydrogen) atoms. The lowest BCUT2D eigenvalue weighted by atomic mass is 10.1. The van der Waals surface area contributed by atoms with Gasteiger partial charge in [0.2, 0.25) is 0 Å². The summed E-state index contributed by atoms with van der Waals surface area (Å²) in [7, 11) is 0. The third-order valence-corrected chi connectivity index (χ3v) is 2.25. The topological polar surface area (TPSA) is 9.23 Å². The molecule has 0 fully saturated rings. The predicted molar refractivity (Wildman–Crippen MR) is 64.5 cm³/mol. The van der Waals surface area contributed by atoms with Crippen molar-refractivity contribution in [2.75, 3.05) is 6.61 Å². The van der Waals surface area contributed by atoms with Gasteiger partial charge in [0.05, 0.1) is 0 Å². The van der Waals surface area contributed by atoms with Crippen molar-refractivity contribution >= 4 is 27.5 Å². The second-order valence-electron chi connectivity index (χ2n) is 3.17. The van der Waals surface area contributed by atoms with Crippen molar-refractivity contribution in [3.63, 3.8) is 0 Å². The number of halogens is 2. The number of aryl methyl sites for hydroxylation is 2. The molecule has 0 saturated carbocycles. The molecule has 0 unspecified atom stereocenters. The quantitative estimate of drug-likeness (QED) is 0.801. The summed E-state index contributed by atoms with van der Waals surface area (Å²) < 4.78 is 6.40. The summed E-state index contributed by atoms with van der Waals surface area (Å²) >= 11 is 9.15. The lowest BCUT2D eigenvalue weighted by molar-refractivity contribution is 0.356. The van der Waals surface area contributed by atoms with Crippen LogP contribution in [0.15, 0.2) is 23.2 Å². The summed E-state index contributed by atoms with van der Waals surface area (Å²) in [5.41, 5.74) is 2.09. The molecule has 0 radical (unpaired) electrons. The Morgan fingerprint density at radius 2 is 1.93 bits per heavy atom. The van der Waals surface area contributed by atoms with Crippen LogP contribution in [0.5, 0.6) is 5.75 Å². The summed E-state index contributed by atoms with van der Waals surface area (Å²) in [6, 6.07) is 3.78. The molecule has 0 atom stereocenters. The van der Waals surface area contributed by atoms with Crippen LogP contribution in [-0.4, -0.2) is 6.61 Å². The number of hydrogen-bond donors (Lipinski definition) is 0. The van der Waals surface area contributed by atoms with E-state index in [0.29, 0.717) is 6.61 Å². The predicted octanol–water partition coefficient (Wildman–Crippen LogP) is 4.24. The number of rotatable bonds is 3. The normalized spacial score (nSPS) is 10.0. The Morgan fingerprint density at radius 1 is 1.43 bits per heavy atom. The fraction of sp³-hybridized carbons (Fsp3) is 0.273. The Bertz CT molecular complexity index is 337. The Hall–Kier alpha value is -0.470. The minimum Gasteiger partial charge on any atom is -0.488 e. The van der Waals surface area contributed by atoms with E-state index in [1.807, 2.05) is 26.0 Å². The molecule has 1 aromatic rings. The van der Waals surface area contributed by atoms with E-state index >= 15 is 0 Å². The van der Waals surface area contributed by atoms with E-state index in [4.69, 9.17) is 16.3 Å². The molecule has 0 aliphatic rings. The molecule has 1 aromatic carbocycles. The molecule has 1 rings (SSSR count). The molecule has 0 saturated heterocycles. The SMILES string of the molecule is C=C(Br)COc1c(C)cc(Cl)cc1C. The van der Waals surface area contributed by atoms with E-state index in [9.17, 15) is 0 Å².